The standard InChI is InChI=1S/C19H19ClN2O5/c1-10-9-13-15(18(24)22(10)7-8-23)14(11-5-3-4-6-12(11)20)16(17(21)27-13)19(25)26-2/h3-6,9,14,23H,7-8,21H2,1-2H3/t14-/m0/s1. The van der Waals surface area contributed by atoms with Gasteiger partial charge < -0.3 is 24.9 Å². The normalized spacial score (nSPS) is 15.9. The number of nitrogens with two attached hydrogens (primary N) is 1. The molecular formula is C19H19ClN2O5. The van der Waals surface area contributed by atoms with Crippen LogP contribution in [0.4, 0.5) is 0 Å². The number of aromatic nitrogens is 1. The summed E-state index contributed by atoms with van der Waals surface area (Å²) in [6.07, 6.45) is 0. The van der Waals surface area contributed by atoms with E-state index in [1.54, 1.807) is 37.3 Å². The first-order valence-electron chi connectivity index (χ1n) is 8.26. The number of nitrogens with zero attached hydrogens (tertiary/aromatic N) is 1. The van der Waals surface area contributed by atoms with Crippen molar-refractivity contribution in [3.63, 3.8) is 0 Å². The second-order valence-electron chi connectivity index (χ2n) is 6.07. The summed E-state index contributed by atoms with van der Waals surface area (Å²) < 4.78 is 11.9. The summed E-state index contributed by atoms with van der Waals surface area (Å²) in [5.74, 6) is -1.45. The van der Waals surface area contributed by atoms with Crippen LogP contribution in [0.2, 0.25) is 5.02 Å². The van der Waals surface area contributed by atoms with Crippen LogP contribution in [0.3, 0.4) is 0 Å². The molecule has 0 saturated carbocycles. The molecule has 8 heteroatoms. The molecule has 2 heterocycles. The van der Waals surface area contributed by atoms with Crippen molar-refractivity contribution in [2.24, 2.45) is 5.73 Å². The number of rotatable bonds is 4. The SMILES string of the molecule is COC(=O)C1=C(N)Oc2cc(C)n(CCO)c(=O)c2[C@@H]1c1ccccc1Cl. The number of carbonyl (C=O) groups excluding carboxylic acids is 1. The van der Waals surface area contributed by atoms with Gasteiger partial charge in [-0.1, -0.05) is 29.8 Å². The van der Waals surface area contributed by atoms with E-state index in [2.05, 4.69) is 0 Å². The lowest BCUT2D eigenvalue weighted by Gasteiger charge is -2.29. The topological polar surface area (TPSA) is 104 Å². The summed E-state index contributed by atoms with van der Waals surface area (Å²) >= 11 is 6.36. The van der Waals surface area contributed by atoms with Gasteiger partial charge in [0.2, 0.25) is 5.88 Å². The molecule has 3 rings (SSSR count). The van der Waals surface area contributed by atoms with Gasteiger partial charge in [-0.25, -0.2) is 4.79 Å². The molecule has 0 bridgehead atoms. The van der Waals surface area contributed by atoms with E-state index in [-0.39, 0.29) is 35.9 Å². The van der Waals surface area contributed by atoms with Crippen molar-refractivity contribution in [3.05, 3.63) is 74.0 Å². The van der Waals surface area contributed by atoms with Crippen LogP contribution < -0.4 is 16.0 Å². The fourth-order valence-corrected chi connectivity index (χ4v) is 3.54. The minimum atomic E-state index is -0.854. The minimum Gasteiger partial charge on any atom is -0.465 e. The summed E-state index contributed by atoms with van der Waals surface area (Å²) in [7, 11) is 1.22. The number of ether oxygens (including phenoxy) is 2. The summed E-state index contributed by atoms with van der Waals surface area (Å²) in [6.45, 7) is 1.62. The van der Waals surface area contributed by atoms with E-state index in [0.717, 1.165) is 0 Å². The van der Waals surface area contributed by atoms with Crippen LogP contribution in [-0.2, 0) is 16.1 Å². The Kier molecular flexibility index (Phi) is 5.25. The molecule has 1 aliphatic heterocycles. The van der Waals surface area contributed by atoms with Gasteiger partial charge in [-0.2, -0.15) is 0 Å². The summed E-state index contributed by atoms with van der Waals surface area (Å²) in [4.78, 5) is 25.6. The van der Waals surface area contributed by atoms with Gasteiger partial charge in [0, 0.05) is 23.3 Å². The van der Waals surface area contributed by atoms with E-state index in [1.165, 1.54) is 11.7 Å². The molecule has 7 nitrogen and oxygen atoms in total. The summed E-state index contributed by atoms with van der Waals surface area (Å²) in [5.41, 5.74) is 6.98. The van der Waals surface area contributed by atoms with Crippen LogP contribution >= 0.6 is 11.6 Å². The Hall–Kier alpha value is -2.77. The Labute approximate surface area is 160 Å². The van der Waals surface area contributed by atoms with Crippen LogP contribution in [-0.4, -0.2) is 29.4 Å². The molecule has 0 unspecified atom stereocenters. The lowest BCUT2D eigenvalue weighted by atomic mass is 9.83. The van der Waals surface area contributed by atoms with Gasteiger partial charge >= 0.3 is 5.97 Å². The zero-order valence-corrected chi connectivity index (χ0v) is 15.6. The first-order valence-corrected chi connectivity index (χ1v) is 8.63. The predicted octanol–water partition coefficient (Wildman–Crippen LogP) is 1.67. The third kappa shape index (κ3) is 3.20. The van der Waals surface area contributed by atoms with E-state index in [1.807, 2.05) is 0 Å². The zero-order chi connectivity index (χ0) is 19.7. The number of fused-ring (bicyclic) bond motifs is 1. The number of esters is 1. The molecule has 1 aromatic carbocycles. The largest absolute Gasteiger partial charge is 0.465 e. The Bertz CT molecular complexity index is 996. The van der Waals surface area contributed by atoms with Gasteiger partial charge in [-0.15, -0.1) is 0 Å². The van der Waals surface area contributed by atoms with Crippen LogP contribution in [0.1, 0.15) is 22.7 Å². The fourth-order valence-electron chi connectivity index (χ4n) is 3.29. The van der Waals surface area contributed by atoms with Crippen LogP contribution in [0.5, 0.6) is 5.75 Å². The number of carbonyl (C=O) groups is 1. The fraction of sp³-hybridized carbons (Fsp3) is 0.263. The third-order valence-electron chi connectivity index (χ3n) is 4.51. The van der Waals surface area contributed by atoms with Crippen molar-refractivity contribution in [1.82, 2.24) is 4.57 Å². The Morgan fingerprint density at radius 3 is 2.74 bits per heavy atom. The maximum atomic E-state index is 13.2. The van der Waals surface area contributed by atoms with Crippen LogP contribution in [0.15, 0.2) is 46.6 Å². The molecule has 1 atom stereocenters. The molecule has 0 radical (unpaired) electrons. The molecule has 1 aromatic heterocycles. The number of halogens is 1. The van der Waals surface area contributed by atoms with Crippen LogP contribution in [0.25, 0.3) is 0 Å². The second kappa shape index (κ2) is 7.46. The second-order valence-corrected chi connectivity index (χ2v) is 6.48. The average molecular weight is 391 g/mol. The Morgan fingerprint density at radius 2 is 2.11 bits per heavy atom. The van der Waals surface area contributed by atoms with Crippen molar-refractivity contribution in [2.45, 2.75) is 19.4 Å². The van der Waals surface area contributed by atoms with Gasteiger partial charge in [-0.3, -0.25) is 4.79 Å². The Morgan fingerprint density at radius 1 is 1.41 bits per heavy atom. The van der Waals surface area contributed by atoms with Crippen LogP contribution in [0, 0.1) is 6.92 Å². The number of aliphatic hydroxyl groups is 1. The Balaban J connectivity index is 2.36. The highest BCUT2D eigenvalue weighted by atomic mass is 35.5. The number of methoxy groups -OCH3 is 1. The maximum absolute atomic E-state index is 13.2. The molecule has 0 saturated heterocycles. The van der Waals surface area contributed by atoms with Crippen molar-refractivity contribution in [2.75, 3.05) is 13.7 Å². The molecular weight excluding hydrogens is 372 g/mol. The van der Waals surface area contributed by atoms with E-state index in [4.69, 9.17) is 26.8 Å². The first-order chi connectivity index (χ1) is 12.9. The number of hydrogen-bond donors (Lipinski definition) is 2. The molecule has 3 N–H and O–H groups in total. The number of aryl methyl sites for hydroxylation is 1. The zero-order valence-electron chi connectivity index (χ0n) is 14.9. The van der Waals surface area contributed by atoms with Crippen molar-refractivity contribution in [3.8, 4) is 5.75 Å². The highest BCUT2D eigenvalue weighted by molar-refractivity contribution is 6.31. The van der Waals surface area contributed by atoms with Crippen molar-refractivity contribution >= 4 is 17.6 Å². The number of aliphatic hydroxyl groups excluding tert-OH is 1. The van der Waals surface area contributed by atoms with E-state index in [0.29, 0.717) is 16.3 Å². The van der Waals surface area contributed by atoms with E-state index in [9.17, 15) is 14.7 Å². The van der Waals surface area contributed by atoms with E-state index >= 15 is 0 Å². The van der Waals surface area contributed by atoms with Gasteiger partial charge in [-0.05, 0) is 18.6 Å². The maximum Gasteiger partial charge on any atom is 0.340 e. The smallest absolute Gasteiger partial charge is 0.340 e. The first kappa shape index (κ1) is 19.0. The molecule has 2 aromatic rings. The van der Waals surface area contributed by atoms with Gasteiger partial charge in [0.05, 0.1) is 25.2 Å². The van der Waals surface area contributed by atoms with Crippen molar-refractivity contribution < 1.29 is 19.4 Å². The number of hydrogen-bond acceptors (Lipinski definition) is 6. The minimum absolute atomic E-state index is 0.00889. The lowest BCUT2D eigenvalue weighted by molar-refractivity contribution is -0.136. The molecule has 0 spiro atoms. The van der Waals surface area contributed by atoms with Gasteiger partial charge in [0.1, 0.15) is 11.3 Å². The number of benzene rings is 1. The van der Waals surface area contributed by atoms with Crippen molar-refractivity contribution in [1.29, 1.82) is 0 Å². The quantitative estimate of drug-likeness (QED) is 0.769. The lowest BCUT2D eigenvalue weighted by Crippen LogP contribution is -2.35. The van der Waals surface area contributed by atoms with E-state index < -0.39 is 17.4 Å². The van der Waals surface area contributed by atoms with Gasteiger partial charge in [0.15, 0.2) is 0 Å². The predicted molar refractivity (Wildman–Crippen MR) is 99.7 cm³/mol. The molecule has 1 aliphatic rings. The van der Waals surface area contributed by atoms with Gasteiger partial charge in [0.25, 0.3) is 5.56 Å². The number of pyridine rings is 1. The molecule has 0 aliphatic carbocycles. The highest BCUT2D eigenvalue weighted by Crippen LogP contribution is 2.43. The average Bonchev–Trinajstić information content (AvgIpc) is 2.64. The highest BCUT2D eigenvalue weighted by Gasteiger charge is 2.39. The summed E-state index contributed by atoms with van der Waals surface area (Å²) in [5, 5.41) is 9.68. The molecule has 0 amide bonds. The molecule has 27 heavy (non-hydrogen) atoms. The molecule has 142 valence electrons. The third-order valence-corrected chi connectivity index (χ3v) is 4.86. The monoisotopic (exact) mass is 390 g/mol. The summed E-state index contributed by atoms with van der Waals surface area (Å²) in [6, 6.07) is 8.53. The molecule has 0 fully saturated rings.